The Labute approximate surface area is 103 Å². The number of piperazine rings is 1. The zero-order chi connectivity index (χ0) is 11.8. The van der Waals surface area contributed by atoms with Crippen LogP contribution >= 0.6 is 0 Å². The fraction of sp³-hybridized carbons (Fsp3) is 0.692. The van der Waals surface area contributed by atoms with Crippen molar-refractivity contribution in [3.8, 4) is 0 Å². The molecule has 0 saturated carbocycles. The van der Waals surface area contributed by atoms with Gasteiger partial charge < -0.3 is 4.90 Å². The van der Waals surface area contributed by atoms with Gasteiger partial charge in [-0.1, -0.05) is 0 Å². The minimum absolute atomic E-state index is 0.520. The first-order valence-electron chi connectivity index (χ1n) is 6.54. The summed E-state index contributed by atoms with van der Waals surface area (Å²) in [5.41, 5.74) is 1.05. The van der Waals surface area contributed by atoms with Crippen LogP contribution in [0.5, 0.6) is 0 Å². The lowest BCUT2D eigenvalue weighted by atomic mass is 10.1. The molecule has 4 heteroatoms. The molecule has 4 nitrogen and oxygen atoms in total. The van der Waals surface area contributed by atoms with Crippen LogP contribution in [0.25, 0.3) is 0 Å². The fourth-order valence-corrected chi connectivity index (χ4v) is 3.04. The third-order valence-electron chi connectivity index (χ3n) is 3.98. The van der Waals surface area contributed by atoms with Crippen molar-refractivity contribution in [1.82, 2.24) is 14.9 Å². The van der Waals surface area contributed by atoms with Crippen molar-refractivity contribution >= 4 is 5.95 Å². The fourth-order valence-electron chi connectivity index (χ4n) is 3.04. The summed E-state index contributed by atoms with van der Waals surface area (Å²) < 4.78 is 0. The third-order valence-corrected chi connectivity index (χ3v) is 3.98. The van der Waals surface area contributed by atoms with Crippen LogP contribution in [0, 0.1) is 6.92 Å². The molecule has 0 amide bonds. The predicted octanol–water partition coefficient (Wildman–Crippen LogP) is 1.46. The van der Waals surface area contributed by atoms with E-state index in [1.807, 2.05) is 19.2 Å². The van der Waals surface area contributed by atoms with Crippen molar-refractivity contribution in [2.75, 3.05) is 24.5 Å². The molecule has 2 atom stereocenters. The van der Waals surface area contributed by atoms with E-state index in [0.717, 1.165) is 30.8 Å². The maximum Gasteiger partial charge on any atom is 0.225 e. The Balaban J connectivity index is 1.83. The topological polar surface area (TPSA) is 32.3 Å². The Hall–Kier alpha value is -1.16. The molecule has 0 aliphatic carbocycles. The molecule has 3 heterocycles. The van der Waals surface area contributed by atoms with Gasteiger partial charge in [0.1, 0.15) is 0 Å². The first-order valence-corrected chi connectivity index (χ1v) is 6.54. The van der Waals surface area contributed by atoms with Crippen LogP contribution in [0.1, 0.15) is 25.5 Å². The lowest BCUT2D eigenvalue weighted by Gasteiger charge is -2.42. The molecule has 0 bridgehead atoms. The third kappa shape index (κ3) is 2.02. The Morgan fingerprint density at radius 2 is 2.24 bits per heavy atom. The van der Waals surface area contributed by atoms with Crippen LogP contribution in [0.3, 0.4) is 0 Å². The molecule has 2 fully saturated rings. The average Bonchev–Trinajstić information content (AvgIpc) is 2.75. The minimum Gasteiger partial charge on any atom is -0.335 e. The van der Waals surface area contributed by atoms with E-state index < -0.39 is 0 Å². The van der Waals surface area contributed by atoms with Gasteiger partial charge in [0, 0.05) is 37.1 Å². The smallest absolute Gasteiger partial charge is 0.225 e. The Morgan fingerprint density at radius 3 is 3.06 bits per heavy atom. The quantitative estimate of drug-likeness (QED) is 0.734. The van der Waals surface area contributed by atoms with Crippen LogP contribution in [0.15, 0.2) is 12.3 Å². The van der Waals surface area contributed by atoms with Gasteiger partial charge in [-0.3, -0.25) is 4.90 Å². The first-order chi connectivity index (χ1) is 8.24. The lowest BCUT2D eigenvalue weighted by Crippen LogP contribution is -2.55. The number of anilines is 1. The summed E-state index contributed by atoms with van der Waals surface area (Å²) in [5.74, 6) is 0.907. The highest BCUT2D eigenvalue weighted by Gasteiger charge is 2.35. The summed E-state index contributed by atoms with van der Waals surface area (Å²) in [7, 11) is 0. The zero-order valence-electron chi connectivity index (χ0n) is 10.6. The van der Waals surface area contributed by atoms with E-state index in [-0.39, 0.29) is 0 Å². The molecule has 0 radical (unpaired) electrons. The van der Waals surface area contributed by atoms with Gasteiger partial charge in [-0.15, -0.1) is 0 Å². The summed E-state index contributed by atoms with van der Waals surface area (Å²) in [4.78, 5) is 14.0. The van der Waals surface area contributed by atoms with Gasteiger partial charge in [-0.2, -0.15) is 0 Å². The molecule has 0 aromatic carbocycles. The predicted molar refractivity (Wildman–Crippen MR) is 68.2 cm³/mol. The number of nitrogens with zero attached hydrogens (tertiary/aromatic N) is 4. The highest BCUT2D eigenvalue weighted by Crippen LogP contribution is 2.26. The summed E-state index contributed by atoms with van der Waals surface area (Å²) >= 11 is 0. The second kappa shape index (κ2) is 4.26. The summed E-state index contributed by atoms with van der Waals surface area (Å²) in [6, 6.07) is 3.20. The van der Waals surface area contributed by atoms with Crippen LogP contribution in [0.4, 0.5) is 5.95 Å². The molecule has 0 N–H and O–H groups in total. The second-order valence-corrected chi connectivity index (χ2v) is 5.29. The Kier molecular flexibility index (Phi) is 2.74. The van der Waals surface area contributed by atoms with Crippen LogP contribution < -0.4 is 4.90 Å². The van der Waals surface area contributed by atoms with E-state index in [9.17, 15) is 0 Å². The van der Waals surface area contributed by atoms with Gasteiger partial charge in [-0.05, 0) is 39.3 Å². The van der Waals surface area contributed by atoms with Crippen molar-refractivity contribution in [2.45, 2.75) is 38.8 Å². The monoisotopic (exact) mass is 232 g/mol. The Morgan fingerprint density at radius 1 is 1.35 bits per heavy atom. The molecular formula is C13H20N4. The number of hydrogen-bond donors (Lipinski definition) is 0. The minimum atomic E-state index is 0.520. The standard InChI is InChI=1S/C13H20N4/c1-10-5-6-14-13(15-10)17-9-12-4-3-7-16(12)8-11(17)2/h5-6,11-12H,3-4,7-9H2,1-2H3. The van der Waals surface area contributed by atoms with Gasteiger partial charge >= 0.3 is 0 Å². The van der Waals surface area contributed by atoms with E-state index in [1.165, 1.54) is 19.4 Å². The van der Waals surface area contributed by atoms with Crippen molar-refractivity contribution in [2.24, 2.45) is 0 Å². The van der Waals surface area contributed by atoms with Crippen molar-refractivity contribution in [3.63, 3.8) is 0 Å². The number of fused-ring (bicyclic) bond motifs is 1. The number of aromatic nitrogens is 2. The maximum absolute atomic E-state index is 4.56. The highest BCUT2D eigenvalue weighted by atomic mass is 15.4. The van der Waals surface area contributed by atoms with E-state index >= 15 is 0 Å². The molecule has 2 aliphatic heterocycles. The highest BCUT2D eigenvalue weighted by molar-refractivity contribution is 5.33. The van der Waals surface area contributed by atoms with Crippen LogP contribution in [-0.4, -0.2) is 46.6 Å². The molecule has 1 aromatic heterocycles. The van der Waals surface area contributed by atoms with Gasteiger partial charge in [0.2, 0.25) is 5.95 Å². The number of aryl methyl sites for hydroxylation is 1. The van der Waals surface area contributed by atoms with E-state index in [1.54, 1.807) is 0 Å². The zero-order valence-corrected chi connectivity index (χ0v) is 10.6. The van der Waals surface area contributed by atoms with Crippen molar-refractivity contribution in [3.05, 3.63) is 18.0 Å². The molecule has 0 spiro atoms. The molecule has 17 heavy (non-hydrogen) atoms. The second-order valence-electron chi connectivity index (χ2n) is 5.29. The molecule has 2 unspecified atom stereocenters. The molecule has 2 saturated heterocycles. The van der Waals surface area contributed by atoms with Gasteiger partial charge in [0.05, 0.1) is 0 Å². The molecule has 2 aliphatic rings. The number of hydrogen-bond acceptors (Lipinski definition) is 4. The van der Waals surface area contributed by atoms with Crippen LogP contribution in [0.2, 0.25) is 0 Å². The average molecular weight is 232 g/mol. The molecule has 3 rings (SSSR count). The number of rotatable bonds is 1. The maximum atomic E-state index is 4.56. The van der Waals surface area contributed by atoms with E-state index in [0.29, 0.717) is 6.04 Å². The first kappa shape index (κ1) is 11.0. The summed E-state index contributed by atoms with van der Waals surface area (Å²) in [5, 5.41) is 0. The van der Waals surface area contributed by atoms with Gasteiger partial charge in [0.25, 0.3) is 0 Å². The van der Waals surface area contributed by atoms with Crippen molar-refractivity contribution < 1.29 is 0 Å². The van der Waals surface area contributed by atoms with Crippen molar-refractivity contribution in [1.29, 1.82) is 0 Å². The SMILES string of the molecule is Cc1ccnc(N2CC3CCCN3CC2C)n1. The molecule has 1 aromatic rings. The lowest BCUT2D eigenvalue weighted by molar-refractivity contribution is 0.201. The van der Waals surface area contributed by atoms with E-state index in [4.69, 9.17) is 0 Å². The normalized spacial score (nSPS) is 29.4. The molecular weight excluding hydrogens is 212 g/mol. The molecule has 92 valence electrons. The summed E-state index contributed by atoms with van der Waals surface area (Å²) in [6.07, 6.45) is 4.54. The van der Waals surface area contributed by atoms with Gasteiger partial charge in [-0.25, -0.2) is 9.97 Å². The Bertz CT molecular complexity index is 406. The van der Waals surface area contributed by atoms with E-state index in [2.05, 4.69) is 26.7 Å². The largest absolute Gasteiger partial charge is 0.335 e. The van der Waals surface area contributed by atoms with Gasteiger partial charge in [0.15, 0.2) is 0 Å². The van der Waals surface area contributed by atoms with Crippen LogP contribution in [-0.2, 0) is 0 Å². The summed E-state index contributed by atoms with van der Waals surface area (Å²) in [6.45, 7) is 7.83.